The molecule has 0 aliphatic heterocycles. The van der Waals surface area contributed by atoms with Crippen molar-refractivity contribution < 1.29 is 17.9 Å². The lowest BCUT2D eigenvalue weighted by Crippen LogP contribution is -2.36. The van der Waals surface area contributed by atoms with Crippen molar-refractivity contribution in [2.75, 3.05) is 6.61 Å². The van der Waals surface area contributed by atoms with E-state index in [1.54, 1.807) is 0 Å². The van der Waals surface area contributed by atoms with Crippen LogP contribution in [0.4, 0.5) is 4.79 Å². The van der Waals surface area contributed by atoms with Crippen LogP contribution in [0.1, 0.15) is 13.8 Å². The summed E-state index contributed by atoms with van der Waals surface area (Å²) in [6, 6.07) is 0. The van der Waals surface area contributed by atoms with Crippen LogP contribution in [-0.4, -0.2) is 21.1 Å². The standard InChI is InChI=1S/C5H12N2O4S/c1-4(2)3-11-5(8)7-12(6,9)10/h4H,3H2,1-2H3,(H,7,8)(H2,6,9,10). The largest absolute Gasteiger partial charge is 0.449 e. The lowest BCUT2D eigenvalue weighted by atomic mass is 10.2. The predicted molar refractivity (Wildman–Crippen MR) is 42.4 cm³/mol. The second-order valence-corrected chi connectivity index (χ2v) is 3.93. The first kappa shape index (κ1) is 11.2. The molecule has 0 heterocycles. The molecule has 0 atom stereocenters. The van der Waals surface area contributed by atoms with Gasteiger partial charge in [-0.15, -0.1) is 0 Å². The second-order valence-electron chi connectivity index (χ2n) is 2.64. The van der Waals surface area contributed by atoms with Crippen molar-refractivity contribution in [3.8, 4) is 0 Å². The highest BCUT2D eigenvalue weighted by atomic mass is 32.2. The third kappa shape index (κ3) is 7.29. The van der Waals surface area contributed by atoms with Gasteiger partial charge in [0.05, 0.1) is 6.61 Å². The molecule has 3 N–H and O–H groups in total. The maximum absolute atomic E-state index is 10.6. The highest BCUT2D eigenvalue weighted by Gasteiger charge is 2.09. The maximum Gasteiger partial charge on any atom is 0.421 e. The lowest BCUT2D eigenvalue weighted by Gasteiger charge is -2.06. The fraction of sp³-hybridized carbons (Fsp3) is 0.800. The van der Waals surface area contributed by atoms with Gasteiger partial charge in [0.2, 0.25) is 0 Å². The molecule has 0 saturated heterocycles. The summed E-state index contributed by atoms with van der Waals surface area (Å²) < 4.78 is 26.4. The topological polar surface area (TPSA) is 98.5 Å². The number of carbonyl (C=O) groups excluding carboxylic acids is 1. The van der Waals surface area contributed by atoms with Crippen molar-refractivity contribution >= 4 is 16.3 Å². The van der Waals surface area contributed by atoms with Crippen molar-refractivity contribution in [3.63, 3.8) is 0 Å². The summed E-state index contributed by atoms with van der Waals surface area (Å²) in [7, 11) is -4.00. The molecule has 0 spiro atoms. The molecule has 0 aromatic carbocycles. The minimum Gasteiger partial charge on any atom is -0.449 e. The SMILES string of the molecule is CC(C)COC(=O)NS(N)(=O)=O. The first-order valence-electron chi connectivity index (χ1n) is 3.28. The first-order chi connectivity index (χ1) is 5.31. The molecule has 7 heteroatoms. The van der Waals surface area contributed by atoms with Crippen LogP contribution in [-0.2, 0) is 14.9 Å². The fourth-order valence-corrected chi connectivity index (χ4v) is 0.679. The first-order valence-corrected chi connectivity index (χ1v) is 4.83. The monoisotopic (exact) mass is 196 g/mol. The minimum absolute atomic E-state index is 0.149. The maximum atomic E-state index is 10.6. The van der Waals surface area contributed by atoms with Gasteiger partial charge in [-0.1, -0.05) is 13.8 Å². The lowest BCUT2D eigenvalue weighted by molar-refractivity contribution is 0.139. The number of nitrogens with one attached hydrogen (secondary N) is 1. The van der Waals surface area contributed by atoms with E-state index in [0.717, 1.165) is 0 Å². The molecular formula is C5H12N2O4S. The Kier molecular flexibility index (Phi) is 3.98. The molecule has 0 aromatic rings. The zero-order chi connectivity index (χ0) is 9.78. The molecule has 6 nitrogen and oxygen atoms in total. The Morgan fingerprint density at radius 3 is 2.42 bits per heavy atom. The molecule has 1 amide bonds. The van der Waals surface area contributed by atoms with Crippen molar-refractivity contribution in [1.82, 2.24) is 4.72 Å². The van der Waals surface area contributed by atoms with Gasteiger partial charge in [-0.25, -0.2) is 14.7 Å². The van der Waals surface area contributed by atoms with E-state index in [-0.39, 0.29) is 12.5 Å². The summed E-state index contributed by atoms with van der Waals surface area (Å²) in [4.78, 5) is 10.6. The number of ether oxygens (including phenoxy) is 1. The van der Waals surface area contributed by atoms with Gasteiger partial charge in [-0.3, -0.25) is 0 Å². The minimum atomic E-state index is -4.00. The molecule has 0 radical (unpaired) electrons. The molecule has 0 bridgehead atoms. The molecule has 0 rings (SSSR count). The number of amides is 1. The van der Waals surface area contributed by atoms with E-state index in [4.69, 9.17) is 0 Å². The quantitative estimate of drug-likeness (QED) is 0.640. The summed E-state index contributed by atoms with van der Waals surface area (Å²) in [5.41, 5.74) is 0. The molecule has 0 aliphatic rings. The van der Waals surface area contributed by atoms with Crippen LogP contribution in [0.25, 0.3) is 0 Å². The average Bonchev–Trinajstić information content (AvgIpc) is 1.79. The molecule has 0 aliphatic carbocycles. The molecule has 0 fully saturated rings. The van der Waals surface area contributed by atoms with Crippen LogP contribution >= 0.6 is 0 Å². The van der Waals surface area contributed by atoms with Crippen LogP contribution < -0.4 is 9.86 Å². The number of hydrogen-bond acceptors (Lipinski definition) is 4. The third-order valence-electron chi connectivity index (χ3n) is 0.773. The van der Waals surface area contributed by atoms with Crippen molar-refractivity contribution in [2.45, 2.75) is 13.8 Å². The van der Waals surface area contributed by atoms with Gasteiger partial charge in [0.1, 0.15) is 0 Å². The summed E-state index contributed by atoms with van der Waals surface area (Å²) in [6.45, 7) is 3.80. The van der Waals surface area contributed by atoms with Gasteiger partial charge >= 0.3 is 16.3 Å². The highest BCUT2D eigenvalue weighted by Crippen LogP contribution is 1.92. The number of carbonyl (C=O) groups is 1. The Morgan fingerprint density at radius 1 is 1.58 bits per heavy atom. The van der Waals surface area contributed by atoms with Gasteiger partial charge in [0.15, 0.2) is 0 Å². The number of nitrogens with two attached hydrogens (primary N) is 1. The third-order valence-corrected chi connectivity index (χ3v) is 1.22. The van der Waals surface area contributed by atoms with Crippen molar-refractivity contribution in [3.05, 3.63) is 0 Å². The van der Waals surface area contributed by atoms with Crippen LogP contribution in [0.15, 0.2) is 0 Å². The van der Waals surface area contributed by atoms with E-state index in [1.807, 2.05) is 13.8 Å². The number of hydrogen-bond donors (Lipinski definition) is 2. The van der Waals surface area contributed by atoms with E-state index in [1.165, 1.54) is 4.72 Å². The highest BCUT2D eigenvalue weighted by molar-refractivity contribution is 7.87. The molecule has 0 aromatic heterocycles. The Labute approximate surface area is 71.3 Å². The van der Waals surface area contributed by atoms with E-state index in [0.29, 0.717) is 0 Å². The van der Waals surface area contributed by atoms with Crippen molar-refractivity contribution in [2.24, 2.45) is 11.1 Å². The summed E-state index contributed by atoms with van der Waals surface area (Å²) >= 11 is 0. The summed E-state index contributed by atoms with van der Waals surface area (Å²) in [6.07, 6.45) is -1.05. The molecule has 0 unspecified atom stereocenters. The van der Waals surface area contributed by atoms with E-state index in [2.05, 4.69) is 9.88 Å². The van der Waals surface area contributed by atoms with E-state index < -0.39 is 16.3 Å². The smallest absolute Gasteiger partial charge is 0.421 e. The Hall–Kier alpha value is -0.820. The van der Waals surface area contributed by atoms with Gasteiger partial charge in [0.25, 0.3) is 0 Å². The van der Waals surface area contributed by atoms with Crippen LogP contribution in [0, 0.1) is 5.92 Å². The fourth-order valence-electron chi connectivity index (χ4n) is 0.388. The van der Waals surface area contributed by atoms with Gasteiger partial charge < -0.3 is 4.74 Å². The van der Waals surface area contributed by atoms with Crippen LogP contribution in [0.3, 0.4) is 0 Å². The molecule has 12 heavy (non-hydrogen) atoms. The second kappa shape index (κ2) is 4.27. The Morgan fingerprint density at radius 2 is 2.08 bits per heavy atom. The van der Waals surface area contributed by atoms with Crippen molar-refractivity contribution in [1.29, 1.82) is 0 Å². The molecular weight excluding hydrogens is 184 g/mol. The van der Waals surface area contributed by atoms with Gasteiger partial charge in [-0.2, -0.15) is 8.42 Å². The molecule has 0 saturated carbocycles. The van der Waals surface area contributed by atoms with E-state index in [9.17, 15) is 13.2 Å². The Balaban J connectivity index is 3.77. The number of rotatable bonds is 3. The van der Waals surface area contributed by atoms with Gasteiger partial charge in [0, 0.05) is 0 Å². The van der Waals surface area contributed by atoms with E-state index >= 15 is 0 Å². The zero-order valence-corrected chi connectivity index (χ0v) is 7.72. The predicted octanol–water partition coefficient (Wildman–Crippen LogP) is -0.428. The molecule has 72 valence electrons. The van der Waals surface area contributed by atoms with Gasteiger partial charge in [-0.05, 0) is 5.92 Å². The van der Waals surface area contributed by atoms with Crippen LogP contribution in [0.2, 0.25) is 0 Å². The summed E-state index contributed by atoms with van der Waals surface area (Å²) in [5.74, 6) is 0.149. The zero-order valence-electron chi connectivity index (χ0n) is 6.90. The average molecular weight is 196 g/mol. The van der Waals surface area contributed by atoms with Crippen LogP contribution in [0.5, 0.6) is 0 Å². The summed E-state index contributed by atoms with van der Waals surface area (Å²) in [5, 5.41) is 4.50. The Bertz CT molecular complexity index is 246. The normalized spacial score (nSPS) is 11.3.